The molecule has 110 valence electrons. The van der Waals surface area contributed by atoms with Gasteiger partial charge in [0.05, 0.1) is 6.04 Å². The van der Waals surface area contributed by atoms with Gasteiger partial charge in [-0.15, -0.1) is 0 Å². The third kappa shape index (κ3) is 4.85. The zero-order valence-corrected chi connectivity index (χ0v) is 12.1. The Morgan fingerprint density at radius 1 is 1.10 bits per heavy atom. The van der Waals surface area contributed by atoms with Crippen molar-refractivity contribution in [2.75, 3.05) is 0 Å². The molecule has 0 aliphatic rings. The molecule has 3 nitrogen and oxygen atoms in total. The molecule has 1 atom stereocenters. The van der Waals surface area contributed by atoms with Crippen LogP contribution >= 0.6 is 11.6 Å². The van der Waals surface area contributed by atoms with Crippen LogP contribution in [0.3, 0.4) is 0 Å². The standard InChI is InChI=1S/C16H16ClFN2O/c17-13-5-1-12(2-6-13)10-20-16(21)15(19)9-11-3-7-14(18)8-4-11/h1-8,15H,9-10,19H2,(H,20,21). The van der Waals surface area contributed by atoms with Crippen molar-refractivity contribution in [3.63, 3.8) is 0 Å². The minimum atomic E-state index is -0.664. The summed E-state index contributed by atoms with van der Waals surface area (Å²) in [7, 11) is 0. The molecule has 0 radical (unpaired) electrons. The number of hydrogen-bond acceptors (Lipinski definition) is 2. The summed E-state index contributed by atoms with van der Waals surface area (Å²) in [5.41, 5.74) is 7.62. The van der Waals surface area contributed by atoms with Crippen LogP contribution in [-0.2, 0) is 17.8 Å². The van der Waals surface area contributed by atoms with Crippen molar-refractivity contribution in [3.05, 3.63) is 70.5 Å². The molecule has 0 fully saturated rings. The highest BCUT2D eigenvalue weighted by atomic mass is 35.5. The predicted octanol–water partition coefficient (Wildman–Crippen LogP) is 2.67. The Morgan fingerprint density at radius 2 is 1.67 bits per heavy atom. The summed E-state index contributed by atoms with van der Waals surface area (Å²) in [6, 6.07) is 12.5. The SMILES string of the molecule is NC(Cc1ccc(F)cc1)C(=O)NCc1ccc(Cl)cc1. The molecule has 0 bridgehead atoms. The van der Waals surface area contributed by atoms with Crippen LogP contribution in [0.25, 0.3) is 0 Å². The number of carbonyl (C=O) groups excluding carboxylic acids is 1. The second-order valence-corrected chi connectivity index (χ2v) is 5.22. The molecule has 0 heterocycles. The summed E-state index contributed by atoms with van der Waals surface area (Å²) in [6.45, 7) is 0.396. The molecule has 0 aliphatic carbocycles. The Labute approximate surface area is 127 Å². The zero-order valence-electron chi connectivity index (χ0n) is 11.4. The molecule has 0 aliphatic heterocycles. The van der Waals surface area contributed by atoms with Gasteiger partial charge in [0.1, 0.15) is 5.82 Å². The number of hydrogen-bond donors (Lipinski definition) is 2. The molecule has 2 aromatic carbocycles. The lowest BCUT2D eigenvalue weighted by Gasteiger charge is -2.12. The van der Waals surface area contributed by atoms with E-state index >= 15 is 0 Å². The van der Waals surface area contributed by atoms with Crippen molar-refractivity contribution >= 4 is 17.5 Å². The van der Waals surface area contributed by atoms with Gasteiger partial charge in [-0.25, -0.2) is 4.39 Å². The highest BCUT2D eigenvalue weighted by Gasteiger charge is 2.13. The van der Waals surface area contributed by atoms with Crippen LogP contribution in [0.1, 0.15) is 11.1 Å². The Balaban J connectivity index is 1.84. The van der Waals surface area contributed by atoms with Gasteiger partial charge in [-0.05, 0) is 41.8 Å². The molecule has 3 N–H and O–H groups in total. The smallest absolute Gasteiger partial charge is 0.237 e. The number of benzene rings is 2. The summed E-state index contributed by atoms with van der Waals surface area (Å²) >= 11 is 5.79. The van der Waals surface area contributed by atoms with Gasteiger partial charge in [0.2, 0.25) is 5.91 Å². The lowest BCUT2D eigenvalue weighted by Crippen LogP contribution is -2.41. The van der Waals surface area contributed by atoms with Gasteiger partial charge >= 0.3 is 0 Å². The van der Waals surface area contributed by atoms with Crippen LogP contribution < -0.4 is 11.1 Å². The molecule has 1 unspecified atom stereocenters. The topological polar surface area (TPSA) is 55.1 Å². The maximum Gasteiger partial charge on any atom is 0.237 e. The average molecular weight is 307 g/mol. The number of rotatable bonds is 5. The monoisotopic (exact) mass is 306 g/mol. The van der Waals surface area contributed by atoms with E-state index in [1.807, 2.05) is 12.1 Å². The number of nitrogens with two attached hydrogens (primary N) is 1. The Bertz CT molecular complexity index is 599. The first-order valence-electron chi connectivity index (χ1n) is 6.57. The van der Waals surface area contributed by atoms with E-state index in [-0.39, 0.29) is 11.7 Å². The van der Waals surface area contributed by atoms with Gasteiger partial charge in [-0.2, -0.15) is 0 Å². The summed E-state index contributed by atoms with van der Waals surface area (Å²) in [5.74, 6) is -0.547. The van der Waals surface area contributed by atoms with Gasteiger partial charge in [0.25, 0.3) is 0 Å². The van der Waals surface area contributed by atoms with Gasteiger partial charge in [-0.3, -0.25) is 4.79 Å². The van der Waals surface area contributed by atoms with Crippen LogP contribution in [0, 0.1) is 5.82 Å². The van der Waals surface area contributed by atoms with Crippen LogP contribution in [0.15, 0.2) is 48.5 Å². The summed E-state index contributed by atoms with van der Waals surface area (Å²) in [5, 5.41) is 3.42. The van der Waals surface area contributed by atoms with E-state index in [4.69, 9.17) is 17.3 Å². The number of amides is 1. The highest BCUT2D eigenvalue weighted by molar-refractivity contribution is 6.30. The number of nitrogens with one attached hydrogen (secondary N) is 1. The second-order valence-electron chi connectivity index (χ2n) is 4.78. The maximum atomic E-state index is 12.8. The molecule has 21 heavy (non-hydrogen) atoms. The van der Waals surface area contributed by atoms with E-state index in [0.29, 0.717) is 18.0 Å². The van der Waals surface area contributed by atoms with E-state index in [1.54, 1.807) is 24.3 Å². The first kappa shape index (κ1) is 15.5. The zero-order chi connectivity index (χ0) is 15.2. The van der Waals surface area contributed by atoms with E-state index in [2.05, 4.69) is 5.32 Å². The summed E-state index contributed by atoms with van der Waals surface area (Å²) < 4.78 is 12.8. The molecule has 1 amide bonds. The van der Waals surface area contributed by atoms with Crippen LogP contribution in [0.4, 0.5) is 4.39 Å². The molecule has 0 aromatic heterocycles. The molecule has 2 rings (SSSR count). The molecular formula is C16H16ClFN2O. The van der Waals surface area contributed by atoms with Crippen molar-refractivity contribution < 1.29 is 9.18 Å². The van der Waals surface area contributed by atoms with Gasteiger partial charge in [0, 0.05) is 11.6 Å². The quantitative estimate of drug-likeness (QED) is 0.892. The average Bonchev–Trinajstić information content (AvgIpc) is 2.48. The van der Waals surface area contributed by atoms with Crippen LogP contribution in [0.2, 0.25) is 5.02 Å². The van der Waals surface area contributed by atoms with Crippen molar-refractivity contribution in [1.82, 2.24) is 5.32 Å². The van der Waals surface area contributed by atoms with E-state index in [9.17, 15) is 9.18 Å². The second kappa shape index (κ2) is 7.20. The van der Waals surface area contributed by atoms with Crippen LogP contribution in [0.5, 0.6) is 0 Å². The van der Waals surface area contributed by atoms with Crippen molar-refractivity contribution in [2.45, 2.75) is 19.0 Å². The van der Waals surface area contributed by atoms with Crippen molar-refractivity contribution in [3.8, 4) is 0 Å². The lowest BCUT2D eigenvalue weighted by atomic mass is 10.1. The third-order valence-electron chi connectivity index (χ3n) is 3.09. The minimum Gasteiger partial charge on any atom is -0.351 e. The predicted molar refractivity (Wildman–Crippen MR) is 81.4 cm³/mol. The normalized spacial score (nSPS) is 12.0. The largest absolute Gasteiger partial charge is 0.351 e. The number of carbonyl (C=O) groups is 1. The van der Waals surface area contributed by atoms with E-state index in [1.165, 1.54) is 12.1 Å². The Kier molecular flexibility index (Phi) is 5.31. The lowest BCUT2D eigenvalue weighted by molar-refractivity contribution is -0.122. The Morgan fingerprint density at radius 3 is 2.29 bits per heavy atom. The first-order valence-corrected chi connectivity index (χ1v) is 6.94. The summed E-state index contributed by atoms with van der Waals surface area (Å²) in [6.07, 6.45) is 0.368. The fraction of sp³-hybridized carbons (Fsp3) is 0.188. The summed E-state index contributed by atoms with van der Waals surface area (Å²) in [4.78, 5) is 11.9. The molecule has 5 heteroatoms. The van der Waals surface area contributed by atoms with Crippen molar-refractivity contribution in [2.24, 2.45) is 5.73 Å². The third-order valence-corrected chi connectivity index (χ3v) is 3.34. The molecule has 2 aromatic rings. The molecule has 0 spiro atoms. The minimum absolute atomic E-state index is 0.241. The Hall–Kier alpha value is -1.91. The fourth-order valence-electron chi connectivity index (χ4n) is 1.89. The fourth-order valence-corrected chi connectivity index (χ4v) is 2.02. The van der Waals surface area contributed by atoms with Gasteiger partial charge in [0.15, 0.2) is 0 Å². The van der Waals surface area contributed by atoms with Gasteiger partial charge < -0.3 is 11.1 Å². The highest BCUT2D eigenvalue weighted by Crippen LogP contribution is 2.09. The molecular weight excluding hydrogens is 291 g/mol. The van der Waals surface area contributed by atoms with E-state index in [0.717, 1.165) is 11.1 Å². The first-order chi connectivity index (χ1) is 10.0. The van der Waals surface area contributed by atoms with Gasteiger partial charge in [-0.1, -0.05) is 35.9 Å². The number of halogens is 2. The molecule has 0 saturated heterocycles. The molecule has 0 saturated carbocycles. The van der Waals surface area contributed by atoms with E-state index < -0.39 is 6.04 Å². The van der Waals surface area contributed by atoms with Crippen molar-refractivity contribution in [1.29, 1.82) is 0 Å². The van der Waals surface area contributed by atoms with Crippen LogP contribution in [-0.4, -0.2) is 11.9 Å². The maximum absolute atomic E-state index is 12.8.